The van der Waals surface area contributed by atoms with Gasteiger partial charge in [-0.15, -0.1) is 11.8 Å². The van der Waals surface area contributed by atoms with Gasteiger partial charge < -0.3 is 9.84 Å². The number of hydrogen-bond donors (Lipinski definition) is 1. The molecule has 0 saturated heterocycles. The van der Waals surface area contributed by atoms with E-state index >= 15 is 0 Å². The highest BCUT2D eigenvalue weighted by molar-refractivity contribution is 8.00. The lowest BCUT2D eigenvalue weighted by Gasteiger charge is -2.07. The second-order valence-electron chi connectivity index (χ2n) is 3.88. The van der Waals surface area contributed by atoms with Crippen LogP contribution in [0.3, 0.4) is 0 Å². The van der Waals surface area contributed by atoms with Crippen molar-refractivity contribution in [3.05, 3.63) is 54.1 Å². The topological polar surface area (TPSA) is 46.5 Å². The molecule has 2 rings (SSSR count). The number of phenolic OH excluding ortho intramolecular Hbond substituents is 1. The van der Waals surface area contributed by atoms with Gasteiger partial charge in [0.15, 0.2) is 5.78 Å². The van der Waals surface area contributed by atoms with Crippen LogP contribution in [0.1, 0.15) is 10.4 Å². The maximum absolute atomic E-state index is 12.1. The summed E-state index contributed by atoms with van der Waals surface area (Å²) in [6.07, 6.45) is 0. The van der Waals surface area contributed by atoms with Gasteiger partial charge in [-0.3, -0.25) is 4.79 Å². The van der Waals surface area contributed by atoms with E-state index in [1.165, 1.54) is 11.8 Å². The fourth-order valence-corrected chi connectivity index (χ4v) is 2.51. The normalized spacial score (nSPS) is 10.2. The molecule has 0 unspecified atom stereocenters. The van der Waals surface area contributed by atoms with Crippen LogP contribution < -0.4 is 4.74 Å². The molecule has 0 heterocycles. The molecule has 0 amide bonds. The molecule has 0 saturated carbocycles. The number of ketones is 1. The van der Waals surface area contributed by atoms with Crippen LogP contribution in [0.25, 0.3) is 0 Å². The van der Waals surface area contributed by atoms with Crippen LogP contribution in [0.5, 0.6) is 11.5 Å². The first-order chi connectivity index (χ1) is 9.22. The summed E-state index contributed by atoms with van der Waals surface area (Å²) >= 11 is 1.31. The number of ether oxygens (including phenoxy) is 1. The summed E-state index contributed by atoms with van der Waals surface area (Å²) in [5, 5.41) is 9.64. The fourth-order valence-electron chi connectivity index (χ4n) is 1.68. The van der Waals surface area contributed by atoms with Gasteiger partial charge in [0, 0.05) is 4.90 Å². The lowest BCUT2D eigenvalue weighted by atomic mass is 10.1. The standard InChI is InChI=1S/C15H14O3S/c1-18-14-8-4-2-6-11(14)13(17)10-19-15-9-5-3-7-12(15)16/h2-9,16H,10H2,1H3. The van der Waals surface area contributed by atoms with Gasteiger partial charge in [-0.2, -0.15) is 0 Å². The first kappa shape index (κ1) is 13.5. The van der Waals surface area contributed by atoms with E-state index in [9.17, 15) is 9.90 Å². The predicted molar refractivity (Wildman–Crippen MR) is 76.2 cm³/mol. The lowest BCUT2D eigenvalue weighted by molar-refractivity contribution is 0.101. The summed E-state index contributed by atoms with van der Waals surface area (Å²) in [5.41, 5.74) is 0.563. The lowest BCUT2D eigenvalue weighted by Crippen LogP contribution is -2.04. The Balaban J connectivity index is 2.08. The average molecular weight is 274 g/mol. The van der Waals surface area contributed by atoms with Gasteiger partial charge in [0.2, 0.25) is 0 Å². The van der Waals surface area contributed by atoms with Crippen molar-refractivity contribution in [2.45, 2.75) is 4.90 Å². The average Bonchev–Trinajstić information content (AvgIpc) is 2.46. The van der Waals surface area contributed by atoms with Crippen LogP contribution in [-0.4, -0.2) is 23.8 Å². The number of benzene rings is 2. The summed E-state index contributed by atoms with van der Waals surface area (Å²) in [6.45, 7) is 0. The Morgan fingerprint density at radius 3 is 2.58 bits per heavy atom. The van der Waals surface area contributed by atoms with Crippen molar-refractivity contribution in [1.82, 2.24) is 0 Å². The second kappa shape index (κ2) is 6.29. The van der Waals surface area contributed by atoms with E-state index in [1.807, 2.05) is 12.1 Å². The smallest absolute Gasteiger partial charge is 0.176 e. The number of carbonyl (C=O) groups is 1. The minimum Gasteiger partial charge on any atom is -0.507 e. The molecule has 0 atom stereocenters. The third-order valence-electron chi connectivity index (χ3n) is 2.63. The molecule has 3 nitrogen and oxygen atoms in total. The Hall–Kier alpha value is -1.94. The zero-order valence-electron chi connectivity index (χ0n) is 10.5. The van der Waals surface area contributed by atoms with Crippen molar-refractivity contribution in [2.75, 3.05) is 12.9 Å². The van der Waals surface area contributed by atoms with Crippen molar-refractivity contribution in [1.29, 1.82) is 0 Å². The highest BCUT2D eigenvalue weighted by Crippen LogP contribution is 2.29. The molecule has 98 valence electrons. The van der Waals surface area contributed by atoms with Gasteiger partial charge in [0.1, 0.15) is 11.5 Å². The highest BCUT2D eigenvalue weighted by Gasteiger charge is 2.12. The maximum atomic E-state index is 12.1. The largest absolute Gasteiger partial charge is 0.507 e. The van der Waals surface area contributed by atoms with Gasteiger partial charge in [-0.05, 0) is 24.3 Å². The monoisotopic (exact) mass is 274 g/mol. The summed E-state index contributed by atoms with van der Waals surface area (Å²) in [7, 11) is 1.54. The molecule has 0 aliphatic rings. The molecule has 2 aromatic carbocycles. The van der Waals surface area contributed by atoms with Crippen LogP contribution in [0.15, 0.2) is 53.4 Å². The Morgan fingerprint density at radius 2 is 1.84 bits per heavy atom. The number of Topliss-reactive ketones (excluding diaryl/α,β-unsaturated/α-hetero) is 1. The van der Waals surface area contributed by atoms with E-state index < -0.39 is 0 Å². The predicted octanol–water partition coefficient (Wildman–Crippen LogP) is 3.38. The highest BCUT2D eigenvalue weighted by atomic mass is 32.2. The van der Waals surface area contributed by atoms with Crippen molar-refractivity contribution < 1.29 is 14.6 Å². The van der Waals surface area contributed by atoms with E-state index in [1.54, 1.807) is 43.5 Å². The molecule has 2 aromatic rings. The van der Waals surface area contributed by atoms with E-state index in [4.69, 9.17) is 4.74 Å². The van der Waals surface area contributed by atoms with E-state index in [2.05, 4.69) is 0 Å². The Bertz CT molecular complexity index is 581. The molecular formula is C15H14O3S. The SMILES string of the molecule is COc1ccccc1C(=O)CSc1ccccc1O. The molecule has 0 radical (unpaired) electrons. The van der Waals surface area contributed by atoms with Crippen molar-refractivity contribution in [3.8, 4) is 11.5 Å². The van der Waals surface area contributed by atoms with Gasteiger partial charge >= 0.3 is 0 Å². The quantitative estimate of drug-likeness (QED) is 0.670. The molecule has 0 bridgehead atoms. The minimum atomic E-state index is -0.0225. The Labute approximate surface area is 116 Å². The molecule has 0 fully saturated rings. The van der Waals surface area contributed by atoms with Crippen LogP contribution in [-0.2, 0) is 0 Å². The van der Waals surface area contributed by atoms with Gasteiger partial charge in [-0.1, -0.05) is 24.3 Å². The van der Waals surface area contributed by atoms with Crippen LogP contribution >= 0.6 is 11.8 Å². The number of para-hydroxylation sites is 2. The first-order valence-electron chi connectivity index (χ1n) is 5.79. The number of carbonyl (C=O) groups excluding carboxylic acids is 1. The summed E-state index contributed by atoms with van der Waals surface area (Å²) in [5.74, 6) is 1.01. The third-order valence-corrected chi connectivity index (χ3v) is 3.69. The zero-order chi connectivity index (χ0) is 13.7. The Kier molecular flexibility index (Phi) is 4.47. The van der Waals surface area contributed by atoms with Crippen LogP contribution in [0, 0.1) is 0 Å². The van der Waals surface area contributed by atoms with Crippen molar-refractivity contribution in [3.63, 3.8) is 0 Å². The van der Waals surface area contributed by atoms with Gasteiger partial charge in [0.05, 0.1) is 18.4 Å². The molecular weight excluding hydrogens is 260 g/mol. The Morgan fingerprint density at radius 1 is 1.16 bits per heavy atom. The second-order valence-corrected chi connectivity index (χ2v) is 4.90. The summed E-state index contributed by atoms with van der Waals surface area (Å²) in [4.78, 5) is 12.8. The molecule has 1 N–H and O–H groups in total. The maximum Gasteiger partial charge on any atom is 0.176 e. The van der Waals surface area contributed by atoms with Crippen molar-refractivity contribution in [2.24, 2.45) is 0 Å². The molecule has 0 aliphatic carbocycles. The number of aromatic hydroxyl groups is 1. The number of thioether (sulfide) groups is 1. The number of hydrogen-bond acceptors (Lipinski definition) is 4. The van der Waals surface area contributed by atoms with Crippen LogP contribution in [0.4, 0.5) is 0 Å². The van der Waals surface area contributed by atoms with E-state index in [0.717, 1.165) is 0 Å². The molecule has 0 aromatic heterocycles. The van der Waals surface area contributed by atoms with Crippen LogP contribution in [0.2, 0.25) is 0 Å². The number of rotatable bonds is 5. The minimum absolute atomic E-state index is 0.0225. The molecule has 0 spiro atoms. The summed E-state index contributed by atoms with van der Waals surface area (Å²) in [6, 6.07) is 14.1. The summed E-state index contributed by atoms with van der Waals surface area (Å²) < 4.78 is 5.16. The van der Waals surface area contributed by atoms with Gasteiger partial charge in [0.25, 0.3) is 0 Å². The molecule has 4 heteroatoms. The number of phenols is 1. The van der Waals surface area contributed by atoms with Gasteiger partial charge in [-0.25, -0.2) is 0 Å². The van der Waals surface area contributed by atoms with E-state index in [-0.39, 0.29) is 17.3 Å². The molecule has 19 heavy (non-hydrogen) atoms. The first-order valence-corrected chi connectivity index (χ1v) is 6.78. The number of methoxy groups -OCH3 is 1. The van der Waals surface area contributed by atoms with E-state index in [0.29, 0.717) is 16.2 Å². The zero-order valence-corrected chi connectivity index (χ0v) is 11.3. The van der Waals surface area contributed by atoms with Crippen molar-refractivity contribution >= 4 is 17.5 Å². The molecule has 0 aliphatic heterocycles. The third kappa shape index (κ3) is 3.29. The fraction of sp³-hybridized carbons (Fsp3) is 0.133.